The number of hydrogen-bond acceptors (Lipinski definition) is 6. The van der Waals surface area contributed by atoms with Crippen molar-refractivity contribution < 1.29 is 28.6 Å². The van der Waals surface area contributed by atoms with Crippen LogP contribution in [-0.4, -0.2) is 37.2 Å². The maximum Gasteiger partial charge on any atom is 0.306 e. The lowest BCUT2D eigenvalue weighted by atomic mass is 10.1. The lowest BCUT2D eigenvalue weighted by molar-refractivity contribution is -0.167. The number of rotatable bonds is 57. The molecule has 1 atom stereocenters. The fraction of sp³-hybridized carbons (Fsp3) is 0.750. The van der Waals surface area contributed by atoms with Gasteiger partial charge in [-0.15, -0.1) is 0 Å². The average molecular weight is 1030 g/mol. The molecule has 0 saturated carbocycles. The molecule has 0 bridgehead atoms. The Hall–Kier alpha value is -3.41. The van der Waals surface area contributed by atoms with E-state index in [1.165, 1.54) is 161 Å². The molecule has 0 radical (unpaired) electrons. The largest absolute Gasteiger partial charge is 0.462 e. The first kappa shape index (κ1) is 70.6. The van der Waals surface area contributed by atoms with Gasteiger partial charge in [0.05, 0.1) is 0 Å². The summed E-state index contributed by atoms with van der Waals surface area (Å²) < 4.78 is 16.9. The number of ether oxygens (including phenoxy) is 3. The molecule has 0 N–H and O–H groups in total. The first-order valence-electron chi connectivity index (χ1n) is 31.6. The molecule has 0 fully saturated rings. The molecule has 0 heterocycles. The zero-order valence-electron chi connectivity index (χ0n) is 48.8. The second-order valence-electron chi connectivity index (χ2n) is 21.0. The van der Waals surface area contributed by atoms with Crippen LogP contribution >= 0.6 is 0 Å². The normalized spacial score (nSPS) is 12.6. The number of allylic oxidation sites excluding steroid dienone is 14. The average Bonchev–Trinajstić information content (AvgIpc) is 3.40. The van der Waals surface area contributed by atoms with Gasteiger partial charge in [0.1, 0.15) is 13.2 Å². The van der Waals surface area contributed by atoms with Gasteiger partial charge in [0, 0.05) is 19.3 Å². The minimum Gasteiger partial charge on any atom is -0.462 e. The number of carbonyl (C=O) groups is 3. The van der Waals surface area contributed by atoms with Crippen molar-refractivity contribution in [1.29, 1.82) is 0 Å². The van der Waals surface area contributed by atoms with Gasteiger partial charge >= 0.3 is 17.9 Å². The Labute approximate surface area is 458 Å². The second-order valence-corrected chi connectivity index (χ2v) is 21.0. The molecule has 6 nitrogen and oxygen atoms in total. The van der Waals surface area contributed by atoms with Crippen LogP contribution in [0.25, 0.3) is 0 Å². The third-order valence-corrected chi connectivity index (χ3v) is 13.6. The van der Waals surface area contributed by atoms with Gasteiger partial charge in [0.15, 0.2) is 6.10 Å². The summed E-state index contributed by atoms with van der Waals surface area (Å²) in [6, 6.07) is 0. The van der Waals surface area contributed by atoms with E-state index in [1.54, 1.807) is 0 Å². The standard InChI is InChI=1S/C68H118O6/c1-4-7-10-13-16-19-22-25-28-30-32-34-36-38-40-43-46-49-52-55-58-61-67(70)73-64-65(63-72-66(69)60-57-54-51-48-45-42-27-24-21-18-15-12-9-6-3)74-68(71)62-59-56-53-50-47-44-41-39-37-35-33-31-29-26-23-20-17-14-11-8-5-2/h15,18,22-27,30-33,36,38,65H,4-14,16-17,19-21,28-29,34-35,37,39-64H2,1-3H3/b18-15-,25-22-,26-23-,27-24-,32-30-,33-31-,38-36-. The molecular weight excluding hydrogens is 913 g/mol. The minimum absolute atomic E-state index is 0.0893. The van der Waals surface area contributed by atoms with Gasteiger partial charge in [-0.25, -0.2) is 0 Å². The van der Waals surface area contributed by atoms with Crippen molar-refractivity contribution in [2.24, 2.45) is 0 Å². The Bertz CT molecular complexity index is 1420. The Morgan fingerprint density at radius 3 is 0.797 bits per heavy atom. The molecular formula is C68H118O6. The van der Waals surface area contributed by atoms with Gasteiger partial charge in [-0.05, 0) is 116 Å². The maximum absolute atomic E-state index is 12.9. The van der Waals surface area contributed by atoms with Crippen molar-refractivity contribution in [2.45, 2.75) is 316 Å². The minimum atomic E-state index is -0.792. The smallest absolute Gasteiger partial charge is 0.306 e. The van der Waals surface area contributed by atoms with Crippen molar-refractivity contribution in [3.63, 3.8) is 0 Å². The molecule has 74 heavy (non-hydrogen) atoms. The summed E-state index contributed by atoms with van der Waals surface area (Å²) in [5.41, 5.74) is 0. The molecule has 0 saturated heterocycles. The highest BCUT2D eigenvalue weighted by Crippen LogP contribution is 2.15. The molecule has 0 aromatic rings. The van der Waals surface area contributed by atoms with Crippen LogP contribution in [0.3, 0.4) is 0 Å². The van der Waals surface area contributed by atoms with Crippen LogP contribution in [0.15, 0.2) is 85.1 Å². The highest BCUT2D eigenvalue weighted by Gasteiger charge is 2.19. The Kier molecular flexibility index (Phi) is 59.3. The molecule has 6 heteroatoms. The monoisotopic (exact) mass is 1030 g/mol. The van der Waals surface area contributed by atoms with Gasteiger partial charge in [-0.2, -0.15) is 0 Å². The molecule has 1 unspecified atom stereocenters. The molecule has 426 valence electrons. The zero-order chi connectivity index (χ0) is 53.6. The van der Waals surface area contributed by atoms with Crippen molar-refractivity contribution in [2.75, 3.05) is 13.2 Å². The Balaban J connectivity index is 4.40. The number of hydrogen-bond donors (Lipinski definition) is 0. The van der Waals surface area contributed by atoms with E-state index in [9.17, 15) is 14.4 Å². The Morgan fingerprint density at radius 1 is 0.270 bits per heavy atom. The van der Waals surface area contributed by atoms with E-state index >= 15 is 0 Å². The molecule has 0 aromatic carbocycles. The first-order valence-corrected chi connectivity index (χ1v) is 31.6. The SMILES string of the molecule is CCCC/C=C\C/C=C\CCCCCCCC(=O)OCC(COC(=O)CCCCCCCC/C=C\C/C=C\C/C=C\CCCCCCC)OC(=O)CCCCCCCCCCC/C=C\C/C=C\CCCCCCC. The third kappa shape index (κ3) is 59.5. The second kappa shape index (κ2) is 62.1. The number of unbranched alkanes of at least 4 members (excludes halogenated alkanes) is 32. The van der Waals surface area contributed by atoms with E-state index < -0.39 is 6.10 Å². The highest BCUT2D eigenvalue weighted by molar-refractivity contribution is 5.71. The predicted octanol–water partition coefficient (Wildman–Crippen LogP) is 21.5. The van der Waals surface area contributed by atoms with Gasteiger partial charge < -0.3 is 14.2 Å². The molecule has 0 aliphatic rings. The van der Waals surface area contributed by atoms with E-state index in [-0.39, 0.29) is 31.1 Å². The molecule has 0 amide bonds. The van der Waals surface area contributed by atoms with Crippen molar-refractivity contribution in [1.82, 2.24) is 0 Å². The summed E-state index contributed by atoms with van der Waals surface area (Å²) in [7, 11) is 0. The van der Waals surface area contributed by atoms with Crippen LogP contribution in [0.4, 0.5) is 0 Å². The van der Waals surface area contributed by atoms with E-state index in [2.05, 4.69) is 106 Å². The van der Waals surface area contributed by atoms with Gasteiger partial charge in [-0.1, -0.05) is 260 Å². The van der Waals surface area contributed by atoms with E-state index in [1.807, 2.05) is 0 Å². The van der Waals surface area contributed by atoms with Gasteiger partial charge in [0.2, 0.25) is 0 Å². The summed E-state index contributed by atoms with van der Waals surface area (Å²) in [5.74, 6) is -0.909. The van der Waals surface area contributed by atoms with Crippen LogP contribution in [0, 0.1) is 0 Å². The van der Waals surface area contributed by atoms with Crippen LogP contribution in [0.5, 0.6) is 0 Å². The van der Waals surface area contributed by atoms with Crippen molar-refractivity contribution in [3.8, 4) is 0 Å². The van der Waals surface area contributed by atoms with E-state index in [4.69, 9.17) is 14.2 Å². The quantitative estimate of drug-likeness (QED) is 0.0261. The van der Waals surface area contributed by atoms with E-state index in [0.29, 0.717) is 19.3 Å². The molecule has 0 aliphatic heterocycles. The van der Waals surface area contributed by atoms with Crippen LogP contribution in [0.2, 0.25) is 0 Å². The summed E-state index contributed by atoms with van der Waals surface area (Å²) in [6.45, 7) is 6.58. The van der Waals surface area contributed by atoms with Crippen LogP contribution in [0.1, 0.15) is 310 Å². The van der Waals surface area contributed by atoms with Crippen LogP contribution < -0.4 is 0 Å². The molecule has 0 rings (SSSR count). The summed E-state index contributed by atoms with van der Waals surface area (Å²) >= 11 is 0. The van der Waals surface area contributed by atoms with Gasteiger partial charge in [0.25, 0.3) is 0 Å². The first-order chi connectivity index (χ1) is 36.5. The van der Waals surface area contributed by atoms with Crippen molar-refractivity contribution in [3.05, 3.63) is 85.1 Å². The highest BCUT2D eigenvalue weighted by atomic mass is 16.6. The molecule has 0 aromatic heterocycles. The number of esters is 3. The van der Waals surface area contributed by atoms with Crippen LogP contribution in [-0.2, 0) is 28.6 Å². The predicted molar refractivity (Wildman–Crippen MR) is 321 cm³/mol. The molecule has 0 spiro atoms. The van der Waals surface area contributed by atoms with Gasteiger partial charge in [-0.3, -0.25) is 14.4 Å². The third-order valence-electron chi connectivity index (χ3n) is 13.6. The van der Waals surface area contributed by atoms with E-state index in [0.717, 1.165) is 109 Å². The zero-order valence-corrected chi connectivity index (χ0v) is 48.8. The molecule has 0 aliphatic carbocycles. The summed E-state index contributed by atoms with van der Waals surface area (Å²) in [5, 5.41) is 0. The topological polar surface area (TPSA) is 78.9 Å². The lowest BCUT2D eigenvalue weighted by Gasteiger charge is -2.18. The fourth-order valence-corrected chi connectivity index (χ4v) is 8.79. The Morgan fingerprint density at radius 2 is 0.500 bits per heavy atom. The summed E-state index contributed by atoms with van der Waals surface area (Å²) in [4.78, 5) is 38.3. The fourth-order valence-electron chi connectivity index (χ4n) is 8.79. The lowest BCUT2D eigenvalue weighted by Crippen LogP contribution is -2.30. The van der Waals surface area contributed by atoms with Crippen molar-refractivity contribution >= 4 is 17.9 Å². The maximum atomic E-state index is 12.9. The number of carbonyl (C=O) groups excluding carboxylic acids is 3. The summed E-state index contributed by atoms with van der Waals surface area (Å²) in [6.07, 6.45) is 81.5.